The van der Waals surface area contributed by atoms with Gasteiger partial charge in [0.15, 0.2) is 0 Å². The van der Waals surface area contributed by atoms with E-state index in [2.05, 4.69) is 4.43 Å². The minimum atomic E-state index is -7.75. The van der Waals surface area contributed by atoms with Crippen LogP contribution in [0, 0.1) is 0 Å². The second-order valence-corrected chi connectivity index (χ2v) is 5.34. The van der Waals surface area contributed by atoms with Crippen LogP contribution in [-0.2, 0) is 4.43 Å². The van der Waals surface area contributed by atoms with Crippen molar-refractivity contribution in [3.8, 4) is 0 Å². The fourth-order valence-electron chi connectivity index (χ4n) is 1.04. The summed E-state index contributed by atoms with van der Waals surface area (Å²) in [6.07, 6.45) is -9.04. The number of hydrogen-bond acceptors (Lipinski definition) is 1. The Morgan fingerprint density at radius 3 is 1.72 bits per heavy atom. The Morgan fingerprint density at radius 2 is 1.39 bits per heavy atom. The molecule has 0 rings (SSSR count). The van der Waals surface area contributed by atoms with Gasteiger partial charge in [0.25, 0.3) is 5.92 Å². The molecule has 0 unspecified atom stereocenters. The lowest BCUT2D eigenvalue weighted by atomic mass is 10.1. The average molecular weight is 308 g/mol. The van der Waals surface area contributed by atoms with E-state index < -0.39 is 39.7 Å². The van der Waals surface area contributed by atoms with E-state index in [9.17, 15) is 38.9 Å². The van der Waals surface area contributed by atoms with Crippen LogP contribution >= 0.6 is 0 Å². The monoisotopic (exact) mass is 308 g/mol. The fourth-order valence-corrected chi connectivity index (χ4v) is 1.60. The highest BCUT2D eigenvalue weighted by Crippen LogP contribution is 2.41. The standard InChI is InChI=1S/C7H9F9OSi/c1-2-3-5(8,9)4-6(10,11)17-18(15,16)7(12,13)14/h2-4H2,1H3. The topological polar surface area (TPSA) is 9.23 Å². The van der Waals surface area contributed by atoms with Crippen LogP contribution in [0.25, 0.3) is 0 Å². The van der Waals surface area contributed by atoms with E-state index in [4.69, 9.17) is 0 Å². The first-order valence-corrected chi connectivity index (χ1v) is 6.29. The Morgan fingerprint density at radius 1 is 0.944 bits per heavy atom. The van der Waals surface area contributed by atoms with Crippen molar-refractivity contribution in [2.45, 2.75) is 44.0 Å². The van der Waals surface area contributed by atoms with Crippen molar-refractivity contribution in [3.63, 3.8) is 0 Å². The summed E-state index contributed by atoms with van der Waals surface area (Å²) in [7, 11) is -7.75. The van der Waals surface area contributed by atoms with Gasteiger partial charge in [-0.2, -0.15) is 22.0 Å². The summed E-state index contributed by atoms with van der Waals surface area (Å²) in [5.74, 6) is -10.3. The number of halogens is 9. The second-order valence-electron chi connectivity index (χ2n) is 3.54. The molecule has 11 heteroatoms. The lowest BCUT2D eigenvalue weighted by Gasteiger charge is -2.26. The van der Waals surface area contributed by atoms with Gasteiger partial charge in [0.05, 0.1) is 0 Å². The third-order valence-electron chi connectivity index (χ3n) is 1.69. The second kappa shape index (κ2) is 5.27. The maximum Gasteiger partial charge on any atom is 0.695 e. The maximum atomic E-state index is 12.7. The molecule has 0 N–H and O–H groups in total. The zero-order valence-electron chi connectivity index (χ0n) is 8.93. The van der Waals surface area contributed by atoms with Gasteiger partial charge in [0.1, 0.15) is 6.42 Å². The molecule has 0 saturated heterocycles. The Labute approximate surface area is 97.4 Å². The van der Waals surface area contributed by atoms with Gasteiger partial charge in [0.2, 0.25) is 0 Å². The summed E-state index contributed by atoms with van der Waals surface area (Å²) >= 11 is 0. The molecule has 0 atom stereocenters. The molecule has 0 aliphatic rings. The third kappa shape index (κ3) is 5.46. The van der Waals surface area contributed by atoms with Crippen LogP contribution in [-0.4, -0.2) is 26.8 Å². The molecule has 0 bridgehead atoms. The summed E-state index contributed by atoms with van der Waals surface area (Å²) in [5.41, 5.74) is 0. The predicted octanol–water partition coefficient (Wildman–Crippen LogP) is 4.40. The molecule has 0 aromatic heterocycles. The third-order valence-corrected chi connectivity index (χ3v) is 2.90. The van der Waals surface area contributed by atoms with Gasteiger partial charge in [-0.3, -0.25) is 0 Å². The molecule has 0 saturated carbocycles. The van der Waals surface area contributed by atoms with Gasteiger partial charge in [-0.05, 0) is 0 Å². The number of hydrogen-bond donors (Lipinski definition) is 0. The molecule has 0 fully saturated rings. The quantitative estimate of drug-likeness (QED) is 0.401. The first kappa shape index (κ1) is 17.5. The largest absolute Gasteiger partial charge is 0.695 e. The Bertz CT molecular complexity index is 275. The molecule has 0 amide bonds. The van der Waals surface area contributed by atoms with Crippen molar-refractivity contribution in [3.05, 3.63) is 0 Å². The summed E-state index contributed by atoms with van der Waals surface area (Å²) in [6.45, 7) is 1.21. The van der Waals surface area contributed by atoms with Gasteiger partial charge >= 0.3 is 20.9 Å². The van der Waals surface area contributed by atoms with Crippen LogP contribution < -0.4 is 0 Å². The van der Waals surface area contributed by atoms with Crippen molar-refractivity contribution in [2.75, 3.05) is 0 Å². The number of rotatable bonds is 6. The molecule has 0 aliphatic heterocycles. The predicted molar refractivity (Wildman–Crippen MR) is 44.5 cm³/mol. The minimum absolute atomic E-state index is 0.240. The molecular formula is C7H9F9OSi. The summed E-state index contributed by atoms with van der Waals surface area (Å²) < 4.78 is 112. The number of alkyl halides is 7. The van der Waals surface area contributed by atoms with Crippen LogP contribution in [0.1, 0.15) is 26.2 Å². The maximum absolute atomic E-state index is 12.7. The van der Waals surface area contributed by atoms with E-state index in [-0.39, 0.29) is 6.42 Å². The van der Waals surface area contributed by atoms with Crippen LogP contribution in [0.15, 0.2) is 0 Å². The summed E-state index contributed by atoms with van der Waals surface area (Å²) in [5, 5.41) is 0. The lowest BCUT2D eigenvalue weighted by molar-refractivity contribution is -0.251. The molecule has 0 spiro atoms. The van der Waals surface area contributed by atoms with E-state index in [1.165, 1.54) is 6.92 Å². The van der Waals surface area contributed by atoms with Gasteiger partial charge in [0, 0.05) is 6.42 Å². The average Bonchev–Trinajstić information content (AvgIpc) is 1.94. The van der Waals surface area contributed by atoms with Crippen molar-refractivity contribution in [1.29, 1.82) is 0 Å². The first-order chi connectivity index (χ1) is 7.72. The van der Waals surface area contributed by atoms with E-state index in [0.29, 0.717) is 0 Å². The molecule has 0 heterocycles. The summed E-state index contributed by atoms with van der Waals surface area (Å²) in [6, 6.07) is 0. The Balaban J connectivity index is 4.76. The fraction of sp³-hybridized carbons (Fsp3) is 1.00. The SMILES string of the molecule is CCCC(F)(F)CC(F)(F)O[Si](F)(F)C(F)(F)F. The molecule has 18 heavy (non-hydrogen) atoms. The van der Waals surface area contributed by atoms with E-state index in [1.807, 2.05) is 0 Å². The molecule has 110 valence electrons. The Hall–Kier alpha value is -0.453. The molecule has 0 radical (unpaired) electrons. The molecular weight excluding hydrogens is 299 g/mol. The minimum Gasteiger partial charge on any atom is -0.302 e. The van der Waals surface area contributed by atoms with Crippen molar-refractivity contribution in [1.82, 2.24) is 0 Å². The highest BCUT2D eigenvalue weighted by molar-refractivity contribution is 6.61. The normalized spacial score (nSPS) is 15.0. The molecule has 0 aromatic carbocycles. The lowest BCUT2D eigenvalue weighted by Crippen LogP contribution is -2.51. The molecule has 0 aromatic rings. The van der Waals surface area contributed by atoms with Crippen LogP contribution in [0.2, 0.25) is 0 Å². The zero-order valence-corrected chi connectivity index (χ0v) is 9.93. The molecule has 0 aliphatic carbocycles. The van der Waals surface area contributed by atoms with Gasteiger partial charge < -0.3 is 4.43 Å². The van der Waals surface area contributed by atoms with Crippen molar-refractivity contribution >= 4 is 8.99 Å². The smallest absolute Gasteiger partial charge is 0.302 e. The first-order valence-electron chi connectivity index (χ1n) is 4.63. The van der Waals surface area contributed by atoms with Gasteiger partial charge in [-0.1, -0.05) is 13.3 Å². The zero-order chi connectivity index (χ0) is 14.8. The van der Waals surface area contributed by atoms with E-state index in [0.717, 1.165) is 0 Å². The summed E-state index contributed by atoms with van der Waals surface area (Å²) in [4.78, 5) is 0. The van der Waals surface area contributed by atoms with E-state index in [1.54, 1.807) is 0 Å². The Kier molecular flexibility index (Phi) is 5.14. The van der Waals surface area contributed by atoms with Crippen molar-refractivity contribution < 1.29 is 43.4 Å². The van der Waals surface area contributed by atoms with E-state index >= 15 is 0 Å². The van der Waals surface area contributed by atoms with Crippen LogP contribution in [0.4, 0.5) is 38.9 Å². The highest BCUT2D eigenvalue weighted by atomic mass is 28.4. The van der Waals surface area contributed by atoms with Gasteiger partial charge in [-0.25, -0.2) is 17.0 Å². The van der Waals surface area contributed by atoms with Crippen LogP contribution in [0.5, 0.6) is 0 Å². The highest BCUT2D eigenvalue weighted by Gasteiger charge is 2.70. The molecule has 1 nitrogen and oxygen atoms in total. The van der Waals surface area contributed by atoms with Crippen molar-refractivity contribution in [2.24, 2.45) is 0 Å². The van der Waals surface area contributed by atoms with Crippen LogP contribution in [0.3, 0.4) is 0 Å². The van der Waals surface area contributed by atoms with Gasteiger partial charge in [-0.15, -0.1) is 0 Å².